The van der Waals surface area contributed by atoms with Crippen molar-refractivity contribution in [2.45, 2.75) is 77.7 Å². The summed E-state index contributed by atoms with van der Waals surface area (Å²) < 4.78 is 2.41. The van der Waals surface area contributed by atoms with E-state index in [1.165, 1.54) is 81.6 Å². The summed E-state index contributed by atoms with van der Waals surface area (Å²) in [4.78, 5) is 22.7. The van der Waals surface area contributed by atoms with E-state index in [0.717, 1.165) is 24.7 Å². The van der Waals surface area contributed by atoms with E-state index >= 15 is 0 Å². The van der Waals surface area contributed by atoms with Crippen molar-refractivity contribution in [1.82, 2.24) is 14.5 Å². The molecule has 0 radical (unpaired) electrons. The molecule has 5 nitrogen and oxygen atoms in total. The fourth-order valence-electron chi connectivity index (χ4n) is 8.73. The molecule has 3 aliphatic rings. The highest BCUT2D eigenvalue weighted by Gasteiger charge is 2.52. The summed E-state index contributed by atoms with van der Waals surface area (Å²) in [6.45, 7) is 13.2. The maximum absolute atomic E-state index is 12.8. The number of carbonyl (C=O) groups excluding carboxylic acids is 1. The molecule has 2 aliphatic heterocycles. The fraction of sp³-hybridized carbons (Fsp3) is 0.568. The third kappa shape index (κ3) is 5.95. The molecule has 42 heavy (non-hydrogen) atoms. The SMILES string of the molecule is CCC(=O)C[C@H]1CCC[C@@H]1[C@@](Cn1ccnc1C)(c1ccccc1)C1CCN(CC2CN(c3ccc(C)cc3)C2)CC1. The Hall–Kier alpha value is -2.92. The van der Waals surface area contributed by atoms with Gasteiger partial charge in [-0.1, -0.05) is 61.4 Å². The van der Waals surface area contributed by atoms with Gasteiger partial charge in [0.1, 0.15) is 11.6 Å². The number of carbonyl (C=O) groups is 1. The molecule has 3 atom stereocenters. The standard InChI is InChI=1S/C37H50N4O/c1-4-35(42)23-31-9-8-12-36(31)37(32-10-6-5-7-11-32,27-40-22-19-38-29(40)3)33-17-20-39(21-18-33)24-30-25-41(26-30)34-15-13-28(2)14-16-34/h5-7,10-11,13-16,19,22,30-31,33,36H,4,8-9,12,17-18,20-21,23-27H2,1-3H3/t31-,36+,37+/m1/s1. The first-order valence-corrected chi connectivity index (χ1v) is 16.5. The van der Waals surface area contributed by atoms with Crippen LogP contribution in [0, 0.1) is 37.5 Å². The predicted octanol–water partition coefficient (Wildman–Crippen LogP) is 7.07. The van der Waals surface area contributed by atoms with Gasteiger partial charge in [0.2, 0.25) is 0 Å². The molecule has 1 aromatic heterocycles. The molecule has 6 rings (SSSR count). The zero-order valence-electron chi connectivity index (χ0n) is 26.0. The molecule has 1 aliphatic carbocycles. The molecular formula is C37H50N4O. The van der Waals surface area contributed by atoms with E-state index in [-0.39, 0.29) is 5.41 Å². The number of hydrogen-bond acceptors (Lipinski definition) is 4. The van der Waals surface area contributed by atoms with Crippen LogP contribution in [-0.2, 0) is 16.8 Å². The topological polar surface area (TPSA) is 41.4 Å². The Morgan fingerprint density at radius 1 is 0.952 bits per heavy atom. The molecular weight excluding hydrogens is 516 g/mol. The Bertz CT molecular complexity index is 1300. The predicted molar refractivity (Wildman–Crippen MR) is 172 cm³/mol. The molecule has 0 spiro atoms. The van der Waals surface area contributed by atoms with Crippen LogP contribution in [0.1, 0.15) is 68.8 Å². The quantitative estimate of drug-likeness (QED) is 0.249. The summed E-state index contributed by atoms with van der Waals surface area (Å²) in [5, 5.41) is 0. The minimum Gasteiger partial charge on any atom is -0.371 e. The van der Waals surface area contributed by atoms with Crippen LogP contribution in [0.4, 0.5) is 5.69 Å². The highest BCUT2D eigenvalue weighted by molar-refractivity contribution is 5.78. The zero-order valence-corrected chi connectivity index (χ0v) is 26.0. The summed E-state index contributed by atoms with van der Waals surface area (Å²) in [5.74, 6) is 3.86. The van der Waals surface area contributed by atoms with Crippen molar-refractivity contribution in [3.05, 3.63) is 83.9 Å². The average Bonchev–Trinajstić information content (AvgIpc) is 3.63. The van der Waals surface area contributed by atoms with E-state index in [1.54, 1.807) is 0 Å². The van der Waals surface area contributed by atoms with Gasteiger partial charge in [-0.15, -0.1) is 0 Å². The number of Topliss-reactive ketones (excluding diaryl/α,β-unsaturated/α-hetero) is 1. The van der Waals surface area contributed by atoms with Crippen molar-refractivity contribution >= 4 is 11.5 Å². The number of anilines is 1. The van der Waals surface area contributed by atoms with Crippen LogP contribution < -0.4 is 4.90 Å². The first-order chi connectivity index (χ1) is 20.5. The van der Waals surface area contributed by atoms with E-state index in [0.29, 0.717) is 30.0 Å². The molecule has 5 heteroatoms. The number of piperidine rings is 1. The Balaban J connectivity index is 1.22. The van der Waals surface area contributed by atoms with Crippen molar-refractivity contribution in [2.24, 2.45) is 23.7 Å². The van der Waals surface area contributed by atoms with Crippen LogP contribution >= 0.6 is 0 Å². The monoisotopic (exact) mass is 566 g/mol. The maximum atomic E-state index is 12.8. The Morgan fingerprint density at radius 2 is 1.69 bits per heavy atom. The van der Waals surface area contributed by atoms with Gasteiger partial charge in [0.25, 0.3) is 0 Å². The molecule has 2 aromatic carbocycles. The molecule has 3 fully saturated rings. The first-order valence-electron chi connectivity index (χ1n) is 16.5. The first kappa shape index (κ1) is 29.2. The van der Waals surface area contributed by atoms with Crippen molar-refractivity contribution in [2.75, 3.05) is 37.6 Å². The Labute approximate surface area is 253 Å². The van der Waals surface area contributed by atoms with E-state index in [2.05, 4.69) is 94.0 Å². The summed E-state index contributed by atoms with van der Waals surface area (Å²) in [7, 11) is 0. The number of rotatable bonds is 11. The third-order valence-electron chi connectivity index (χ3n) is 11.1. The number of benzene rings is 2. The maximum Gasteiger partial charge on any atom is 0.132 e. The second-order valence-electron chi connectivity index (χ2n) is 13.6. The fourth-order valence-corrected chi connectivity index (χ4v) is 8.73. The third-order valence-corrected chi connectivity index (χ3v) is 11.1. The molecule has 2 saturated heterocycles. The lowest BCUT2D eigenvalue weighted by molar-refractivity contribution is -0.120. The van der Waals surface area contributed by atoms with Gasteiger partial charge in [-0.05, 0) is 88.1 Å². The molecule has 0 amide bonds. The van der Waals surface area contributed by atoms with E-state index in [1.807, 2.05) is 13.1 Å². The minimum atomic E-state index is 0.00665. The number of ketones is 1. The number of likely N-dealkylation sites (tertiary alicyclic amines) is 1. The van der Waals surface area contributed by atoms with Crippen LogP contribution in [0.15, 0.2) is 67.0 Å². The van der Waals surface area contributed by atoms with Gasteiger partial charge in [0.15, 0.2) is 0 Å². The van der Waals surface area contributed by atoms with E-state index < -0.39 is 0 Å². The lowest BCUT2D eigenvalue weighted by Crippen LogP contribution is -2.55. The smallest absolute Gasteiger partial charge is 0.132 e. The van der Waals surface area contributed by atoms with Gasteiger partial charge < -0.3 is 14.4 Å². The summed E-state index contributed by atoms with van der Waals surface area (Å²) in [6.07, 6.45) is 11.6. The largest absolute Gasteiger partial charge is 0.371 e. The van der Waals surface area contributed by atoms with E-state index in [4.69, 9.17) is 0 Å². The van der Waals surface area contributed by atoms with Gasteiger partial charge in [0.05, 0.1) is 0 Å². The van der Waals surface area contributed by atoms with Crippen LogP contribution in [0.25, 0.3) is 0 Å². The highest BCUT2D eigenvalue weighted by atomic mass is 16.1. The second-order valence-corrected chi connectivity index (χ2v) is 13.6. The van der Waals surface area contributed by atoms with Crippen LogP contribution in [-0.4, -0.2) is 53.0 Å². The molecule has 0 unspecified atom stereocenters. The molecule has 3 heterocycles. The molecule has 0 N–H and O–H groups in total. The lowest BCUT2D eigenvalue weighted by Gasteiger charge is -2.52. The minimum absolute atomic E-state index is 0.00665. The van der Waals surface area contributed by atoms with Crippen molar-refractivity contribution in [3.8, 4) is 0 Å². The van der Waals surface area contributed by atoms with E-state index in [9.17, 15) is 4.79 Å². The van der Waals surface area contributed by atoms with Gasteiger partial charge in [-0.3, -0.25) is 4.79 Å². The number of nitrogens with zero attached hydrogens (tertiary/aromatic N) is 4. The number of hydrogen-bond donors (Lipinski definition) is 0. The zero-order chi connectivity index (χ0) is 29.1. The van der Waals surface area contributed by atoms with Crippen LogP contribution in [0.3, 0.4) is 0 Å². The van der Waals surface area contributed by atoms with Crippen LogP contribution in [0.5, 0.6) is 0 Å². The Morgan fingerprint density at radius 3 is 2.36 bits per heavy atom. The van der Waals surface area contributed by atoms with Crippen LogP contribution in [0.2, 0.25) is 0 Å². The molecule has 0 bridgehead atoms. The molecule has 1 saturated carbocycles. The summed E-state index contributed by atoms with van der Waals surface area (Å²) in [5.41, 5.74) is 4.18. The van der Waals surface area contributed by atoms with Gasteiger partial charge in [-0.2, -0.15) is 0 Å². The highest BCUT2D eigenvalue weighted by Crippen LogP contribution is 2.54. The Kier molecular flexibility index (Phi) is 8.85. The van der Waals surface area contributed by atoms with Gasteiger partial charge in [-0.25, -0.2) is 4.98 Å². The summed E-state index contributed by atoms with van der Waals surface area (Å²) in [6, 6.07) is 20.4. The van der Waals surface area contributed by atoms with Gasteiger partial charge in [0, 0.05) is 68.4 Å². The van der Waals surface area contributed by atoms with Crippen molar-refractivity contribution in [1.29, 1.82) is 0 Å². The van der Waals surface area contributed by atoms with Gasteiger partial charge >= 0.3 is 0 Å². The molecule has 3 aromatic rings. The summed E-state index contributed by atoms with van der Waals surface area (Å²) >= 11 is 0. The normalized spacial score (nSPS) is 23.5. The van der Waals surface area contributed by atoms with Crippen molar-refractivity contribution < 1.29 is 4.79 Å². The average molecular weight is 567 g/mol. The number of aryl methyl sites for hydroxylation is 2. The number of imidazole rings is 1. The second kappa shape index (κ2) is 12.8. The molecule has 224 valence electrons. The number of aromatic nitrogens is 2. The lowest BCUT2D eigenvalue weighted by atomic mass is 9.56. The van der Waals surface area contributed by atoms with Crippen molar-refractivity contribution in [3.63, 3.8) is 0 Å².